The molecule has 1 aliphatic rings. The largest absolute Gasteiger partial charge is 0.465 e. The number of benzene rings is 1. The van der Waals surface area contributed by atoms with E-state index in [-0.39, 0.29) is 6.03 Å². The fourth-order valence-electron chi connectivity index (χ4n) is 1.81. The second-order valence-corrected chi connectivity index (χ2v) is 4.10. The van der Waals surface area contributed by atoms with Crippen molar-refractivity contribution in [2.45, 2.75) is 0 Å². The zero-order valence-corrected chi connectivity index (χ0v) is 10.7. The van der Waals surface area contributed by atoms with Gasteiger partial charge in [-0.1, -0.05) is 6.07 Å². The van der Waals surface area contributed by atoms with Gasteiger partial charge in [-0.05, 0) is 18.2 Å². The topological polar surface area (TPSA) is 67.9 Å². The van der Waals surface area contributed by atoms with Crippen LogP contribution in [0.5, 0.6) is 0 Å². The van der Waals surface area contributed by atoms with Crippen molar-refractivity contribution in [3.63, 3.8) is 0 Å². The molecule has 0 atom stereocenters. The normalized spacial score (nSPS) is 14.9. The number of carbonyl (C=O) groups is 2. The number of nitrogens with zero attached hydrogens (tertiary/aromatic N) is 1. The molecule has 0 aromatic heterocycles. The average Bonchev–Trinajstić information content (AvgIpc) is 2.47. The molecular formula is C13H16N2O4. The molecule has 0 aliphatic carbocycles. The summed E-state index contributed by atoms with van der Waals surface area (Å²) in [6.07, 6.45) is 0. The third-order valence-corrected chi connectivity index (χ3v) is 2.83. The van der Waals surface area contributed by atoms with Gasteiger partial charge in [-0.3, -0.25) is 0 Å². The quantitative estimate of drug-likeness (QED) is 0.818. The summed E-state index contributed by atoms with van der Waals surface area (Å²) in [7, 11) is 1.32. The molecular weight excluding hydrogens is 248 g/mol. The van der Waals surface area contributed by atoms with E-state index in [1.165, 1.54) is 7.11 Å². The lowest BCUT2D eigenvalue weighted by molar-refractivity contribution is 0.0564. The summed E-state index contributed by atoms with van der Waals surface area (Å²) in [5.74, 6) is -0.428. The molecule has 1 aromatic carbocycles. The van der Waals surface area contributed by atoms with Gasteiger partial charge in [0.15, 0.2) is 0 Å². The van der Waals surface area contributed by atoms with Crippen LogP contribution in [0.15, 0.2) is 24.3 Å². The molecule has 0 bridgehead atoms. The number of rotatable bonds is 2. The number of amides is 2. The number of carbonyl (C=O) groups excluding carboxylic acids is 2. The second kappa shape index (κ2) is 6.19. The van der Waals surface area contributed by atoms with Crippen molar-refractivity contribution in [2.24, 2.45) is 0 Å². The predicted molar refractivity (Wildman–Crippen MR) is 69.2 cm³/mol. The molecule has 0 radical (unpaired) electrons. The van der Waals surface area contributed by atoms with Crippen molar-refractivity contribution in [1.82, 2.24) is 4.90 Å². The first kappa shape index (κ1) is 13.4. The number of anilines is 1. The Bertz CT molecular complexity index is 469. The van der Waals surface area contributed by atoms with Crippen molar-refractivity contribution in [3.8, 4) is 0 Å². The highest BCUT2D eigenvalue weighted by Crippen LogP contribution is 2.12. The van der Waals surface area contributed by atoms with Crippen molar-refractivity contribution >= 4 is 17.7 Å². The number of morpholine rings is 1. The van der Waals surface area contributed by atoms with Crippen LogP contribution in [0.25, 0.3) is 0 Å². The van der Waals surface area contributed by atoms with Crippen LogP contribution in [-0.2, 0) is 9.47 Å². The van der Waals surface area contributed by atoms with Crippen LogP contribution in [0.1, 0.15) is 10.4 Å². The minimum atomic E-state index is -0.428. The summed E-state index contributed by atoms with van der Waals surface area (Å²) in [6.45, 7) is 2.25. The summed E-state index contributed by atoms with van der Waals surface area (Å²) in [6, 6.07) is 6.46. The molecule has 0 unspecified atom stereocenters. The molecule has 1 aliphatic heterocycles. The number of methoxy groups -OCH3 is 1. The lowest BCUT2D eigenvalue weighted by Gasteiger charge is -2.26. The molecule has 0 spiro atoms. The van der Waals surface area contributed by atoms with E-state index in [2.05, 4.69) is 10.1 Å². The maximum Gasteiger partial charge on any atom is 0.337 e. The fourth-order valence-corrected chi connectivity index (χ4v) is 1.81. The molecule has 6 heteroatoms. The third-order valence-electron chi connectivity index (χ3n) is 2.83. The van der Waals surface area contributed by atoms with E-state index in [0.29, 0.717) is 37.6 Å². The molecule has 19 heavy (non-hydrogen) atoms. The van der Waals surface area contributed by atoms with Crippen molar-refractivity contribution in [1.29, 1.82) is 0 Å². The van der Waals surface area contributed by atoms with E-state index in [4.69, 9.17) is 4.74 Å². The lowest BCUT2D eigenvalue weighted by Crippen LogP contribution is -2.43. The summed E-state index contributed by atoms with van der Waals surface area (Å²) in [5.41, 5.74) is 0.974. The van der Waals surface area contributed by atoms with Crippen LogP contribution in [0.3, 0.4) is 0 Å². The van der Waals surface area contributed by atoms with Gasteiger partial charge in [-0.25, -0.2) is 9.59 Å². The van der Waals surface area contributed by atoms with Gasteiger partial charge < -0.3 is 19.7 Å². The van der Waals surface area contributed by atoms with E-state index in [1.807, 2.05) is 0 Å². The van der Waals surface area contributed by atoms with Crippen LogP contribution in [-0.4, -0.2) is 50.3 Å². The van der Waals surface area contributed by atoms with Gasteiger partial charge >= 0.3 is 12.0 Å². The Morgan fingerprint density at radius 2 is 2.05 bits per heavy atom. The molecule has 1 aromatic rings. The van der Waals surface area contributed by atoms with Gasteiger partial charge in [0.25, 0.3) is 0 Å². The Labute approximate surface area is 111 Å². The number of urea groups is 1. The summed E-state index contributed by atoms with van der Waals surface area (Å²) in [4.78, 5) is 25.0. The number of hydrogen-bond acceptors (Lipinski definition) is 4. The Morgan fingerprint density at radius 1 is 1.32 bits per heavy atom. The number of nitrogens with one attached hydrogen (secondary N) is 1. The zero-order chi connectivity index (χ0) is 13.7. The van der Waals surface area contributed by atoms with Crippen LogP contribution < -0.4 is 5.32 Å². The zero-order valence-electron chi connectivity index (χ0n) is 10.7. The van der Waals surface area contributed by atoms with Crippen molar-refractivity contribution < 1.29 is 19.1 Å². The van der Waals surface area contributed by atoms with E-state index in [1.54, 1.807) is 29.2 Å². The monoisotopic (exact) mass is 264 g/mol. The summed E-state index contributed by atoms with van der Waals surface area (Å²) >= 11 is 0. The van der Waals surface area contributed by atoms with Crippen LogP contribution in [0.2, 0.25) is 0 Å². The van der Waals surface area contributed by atoms with Gasteiger partial charge in [-0.2, -0.15) is 0 Å². The maximum absolute atomic E-state index is 12.0. The molecule has 102 valence electrons. The highest BCUT2D eigenvalue weighted by molar-refractivity contribution is 5.93. The van der Waals surface area contributed by atoms with Gasteiger partial charge in [0.1, 0.15) is 0 Å². The summed E-state index contributed by atoms with van der Waals surface area (Å²) in [5, 5.41) is 2.75. The molecule has 1 N–H and O–H groups in total. The van der Waals surface area contributed by atoms with Crippen LogP contribution >= 0.6 is 0 Å². The fraction of sp³-hybridized carbons (Fsp3) is 0.385. The van der Waals surface area contributed by atoms with Gasteiger partial charge in [0.05, 0.1) is 25.9 Å². The average molecular weight is 264 g/mol. The van der Waals surface area contributed by atoms with Crippen molar-refractivity contribution in [2.75, 3.05) is 38.7 Å². The molecule has 0 saturated carbocycles. The maximum atomic E-state index is 12.0. The molecule has 2 rings (SSSR count). The van der Waals surface area contributed by atoms with Crippen LogP contribution in [0, 0.1) is 0 Å². The number of hydrogen-bond donors (Lipinski definition) is 1. The standard InChI is InChI=1S/C13H16N2O4/c1-18-12(16)10-3-2-4-11(9-10)14-13(17)15-5-7-19-8-6-15/h2-4,9H,5-8H2,1H3,(H,14,17). The van der Waals surface area contributed by atoms with Gasteiger partial charge in [-0.15, -0.1) is 0 Å². The highest BCUT2D eigenvalue weighted by Gasteiger charge is 2.17. The van der Waals surface area contributed by atoms with E-state index >= 15 is 0 Å². The Balaban J connectivity index is 2.02. The minimum absolute atomic E-state index is 0.190. The van der Waals surface area contributed by atoms with Crippen LogP contribution in [0.4, 0.5) is 10.5 Å². The van der Waals surface area contributed by atoms with E-state index in [0.717, 1.165) is 0 Å². The SMILES string of the molecule is COC(=O)c1cccc(NC(=O)N2CCOCC2)c1. The highest BCUT2D eigenvalue weighted by atomic mass is 16.5. The first-order valence-electron chi connectivity index (χ1n) is 6.03. The molecule has 6 nitrogen and oxygen atoms in total. The molecule has 1 saturated heterocycles. The van der Waals surface area contributed by atoms with E-state index in [9.17, 15) is 9.59 Å². The lowest BCUT2D eigenvalue weighted by atomic mass is 10.2. The minimum Gasteiger partial charge on any atom is -0.465 e. The number of esters is 1. The predicted octanol–water partition coefficient (Wildman–Crippen LogP) is 1.34. The Kier molecular flexibility index (Phi) is 4.35. The second-order valence-electron chi connectivity index (χ2n) is 4.10. The van der Waals surface area contributed by atoms with E-state index < -0.39 is 5.97 Å². The summed E-state index contributed by atoms with van der Waals surface area (Å²) < 4.78 is 9.82. The smallest absolute Gasteiger partial charge is 0.337 e. The first-order valence-corrected chi connectivity index (χ1v) is 6.03. The molecule has 2 amide bonds. The molecule has 1 heterocycles. The Morgan fingerprint density at radius 3 is 2.74 bits per heavy atom. The Hall–Kier alpha value is -2.08. The van der Waals surface area contributed by atoms with Crippen molar-refractivity contribution in [3.05, 3.63) is 29.8 Å². The third kappa shape index (κ3) is 3.45. The number of ether oxygens (including phenoxy) is 2. The first-order chi connectivity index (χ1) is 9.20. The van der Waals surface area contributed by atoms with Gasteiger partial charge in [0.2, 0.25) is 0 Å². The molecule has 1 fully saturated rings. The van der Waals surface area contributed by atoms with Gasteiger partial charge in [0, 0.05) is 18.8 Å².